The number of ether oxygens (including phenoxy) is 1. The summed E-state index contributed by atoms with van der Waals surface area (Å²) in [6, 6.07) is 10.2. The molecule has 0 atom stereocenters. The molecule has 0 radical (unpaired) electrons. The fourth-order valence-corrected chi connectivity index (χ4v) is 2.04. The Bertz CT molecular complexity index is 669. The first-order valence-electron chi connectivity index (χ1n) is 6.52. The number of nitrogens with one attached hydrogen (secondary N) is 1. The molecule has 0 aromatic heterocycles. The molecule has 4 N–H and O–H groups in total. The molecule has 2 rings (SSSR count). The van der Waals surface area contributed by atoms with Crippen LogP contribution in [0.1, 0.15) is 21.5 Å². The van der Waals surface area contributed by atoms with Gasteiger partial charge in [-0.2, -0.15) is 0 Å². The third kappa shape index (κ3) is 3.25. The normalized spacial score (nSPS) is 10.2. The summed E-state index contributed by atoms with van der Waals surface area (Å²) < 4.78 is 5.08. The van der Waals surface area contributed by atoms with Crippen molar-refractivity contribution in [2.24, 2.45) is 0 Å². The van der Waals surface area contributed by atoms with Crippen molar-refractivity contribution in [2.75, 3.05) is 12.8 Å². The third-order valence-electron chi connectivity index (χ3n) is 3.30. The molecular weight excluding hydrogens is 268 g/mol. The quantitative estimate of drug-likeness (QED) is 0.752. The number of nitrogen functional groups attached to an aromatic ring is 1. The number of anilines is 1. The molecule has 0 aliphatic heterocycles. The molecule has 0 saturated heterocycles. The van der Waals surface area contributed by atoms with Crippen LogP contribution >= 0.6 is 0 Å². The fraction of sp³-hybridized carbons (Fsp3) is 0.188. The predicted molar refractivity (Wildman–Crippen MR) is 81.4 cm³/mol. The van der Waals surface area contributed by atoms with Gasteiger partial charge in [-0.25, -0.2) is 0 Å². The van der Waals surface area contributed by atoms with Crippen molar-refractivity contribution in [1.82, 2.24) is 5.32 Å². The molecule has 1 amide bonds. The van der Waals surface area contributed by atoms with E-state index in [4.69, 9.17) is 10.5 Å². The van der Waals surface area contributed by atoms with E-state index in [1.807, 2.05) is 6.07 Å². The van der Waals surface area contributed by atoms with Gasteiger partial charge in [0.05, 0.1) is 12.8 Å². The van der Waals surface area contributed by atoms with E-state index in [2.05, 4.69) is 5.32 Å². The highest BCUT2D eigenvalue weighted by atomic mass is 16.5. The van der Waals surface area contributed by atoms with Crippen molar-refractivity contribution in [2.45, 2.75) is 13.5 Å². The molecule has 0 heterocycles. The molecule has 5 heteroatoms. The number of aromatic hydroxyl groups is 1. The number of amides is 1. The van der Waals surface area contributed by atoms with Crippen LogP contribution in [0.3, 0.4) is 0 Å². The van der Waals surface area contributed by atoms with E-state index in [0.29, 0.717) is 29.1 Å². The summed E-state index contributed by atoms with van der Waals surface area (Å²) in [5.74, 6) is 0.475. The van der Waals surface area contributed by atoms with Crippen LogP contribution in [0.15, 0.2) is 36.4 Å². The van der Waals surface area contributed by atoms with Gasteiger partial charge in [0.2, 0.25) is 0 Å². The van der Waals surface area contributed by atoms with Crippen molar-refractivity contribution < 1.29 is 14.6 Å². The number of carbonyl (C=O) groups is 1. The van der Waals surface area contributed by atoms with Crippen LogP contribution in [-0.2, 0) is 6.54 Å². The molecule has 0 aliphatic rings. The Balaban J connectivity index is 2.07. The first-order chi connectivity index (χ1) is 10.0. The maximum atomic E-state index is 12.1. The molecule has 21 heavy (non-hydrogen) atoms. The van der Waals surface area contributed by atoms with Gasteiger partial charge < -0.3 is 20.9 Å². The second-order valence-electron chi connectivity index (χ2n) is 4.71. The number of phenols is 1. The maximum absolute atomic E-state index is 12.1. The molecule has 2 aromatic carbocycles. The zero-order valence-corrected chi connectivity index (χ0v) is 12.0. The SMILES string of the molecule is COc1ccc(CNC(=O)c2cccc(O)c2C)cc1N. The minimum atomic E-state index is -0.238. The topological polar surface area (TPSA) is 84.6 Å². The summed E-state index contributed by atoms with van der Waals surface area (Å²) in [6.07, 6.45) is 0. The zero-order valence-electron chi connectivity index (χ0n) is 12.0. The number of nitrogens with two attached hydrogens (primary N) is 1. The van der Waals surface area contributed by atoms with Crippen LogP contribution in [0.5, 0.6) is 11.5 Å². The molecule has 0 spiro atoms. The highest BCUT2D eigenvalue weighted by Crippen LogP contribution is 2.22. The van der Waals surface area contributed by atoms with Gasteiger partial charge in [0.25, 0.3) is 5.91 Å². The van der Waals surface area contributed by atoms with Gasteiger partial charge in [0.15, 0.2) is 0 Å². The van der Waals surface area contributed by atoms with E-state index >= 15 is 0 Å². The fourth-order valence-electron chi connectivity index (χ4n) is 2.04. The first kappa shape index (κ1) is 14.7. The smallest absolute Gasteiger partial charge is 0.251 e. The molecule has 0 unspecified atom stereocenters. The molecule has 5 nitrogen and oxygen atoms in total. The minimum absolute atomic E-state index is 0.108. The van der Waals surface area contributed by atoms with E-state index < -0.39 is 0 Å². The standard InChI is InChI=1S/C16H18N2O3/c1-10-12(4-3-5-14(10)19)16(20)18-9-11-6-7-15(21-2)13(17)8-11/h3-8,19H,9,17H2,1-2H3,(H,18,20). The molecule has 0 fully saturated rings. The zero-order chi connectivity index (χ0) is 15.4. The number of hydrogen-bond donors (Lipinski definition) is 3. The summed E-state index contributed by atoms with van der Waals surface area (Å²) in [5, 5.41) is 12.4. The van der Waals surface area contributed by atoms with Crippen molar-refractivity contribution in [3.63, 3.8) is 0 Å². The first-order valence-corrected chi connectivity index (χ1v) is 6.52. The lowest BCUT2D eigenvalue weighted by molar-refractivity contribution is 0.0950. The maximum Gasteiger partial charge on any atom is 0.251 e. The molecule has 0 bridgehead atoms. The van der Waals surface area contributed by atoms with E-state index in [9.17, 15) is 9.90 Å². The number of methoxy groups -OCH3 is 1. The van der Waals surface area contributed by atoms with Gasteiger partial charge in [0.1, 0.15) is 11.5 Å². The van der Waals surface area contributed by atoms with Gasteiger partial charge in [-0.3, -0.25) is 4.79 Å². The average Bonchev–Trinajstić information content (AvgIpc) is 2.47. The van der Waals surface area contributed by atoms with Crippen molar-refractivity contribution >= 4 is 11.6 Å². The number of benzene rings is 2. The van der Waals surface area contributed by atoms with Crippen LogP contribution in [0, 0.1) is 6.92 Å². The molecule has 0 saturated carbocycles. The monoisotopic (exact) mass is 286 g/mol. The second kappa shape index (κ2) is 6.17. The van der Waals surface area contributed by atoms with Crippen molar-refractivity contribution in [3.05, 3.63) is 53.1 Å². The van der Waals surface area contributed by atoms with E-state index in [1.165, 1.54) is 0 Å². The van der Waals surface area contributed by atoms with Crippen LogP contribution in [-0.4, -0.2) is 18.1 Å². The van der Waals surface area contributed by atoms with Gasteiger partial charge >= 0.3 is 0 Å². The Hall–Kier alpha value is -2.69. The second-order valence-corrected chi connectivity index (χ2v) is 4.71. The molecule has 0 aliphatic carbocycles. The summed E-state index contributed by atoms with van der Waals surface area (Å²) in [6.45, 7) is 2.05. The van der Waals surface area contributed by atoms with Crippen LogP contribution in [0.25, 0.3) is 0 Å². The molecule has 110 valence electrons. The van der Waals surface area contributed by atoms with E-state index in [-0.39, 0.29) is 11.7 Å². The number of rotatable bonds is 4. The summed E-state index contributed by atoms with van der Waals surface area (Å²) >= 11 is 0. The molecular formula is C16H18N2O3. The third-order valence-corrected chi connectivity index (χ3v) is 3.30. The number of carbonyl (C=O) groups excluding carboxylic acids is 1. The van der Waals surface area contributed by atoms with Crippen LogP contribution in [0.4, 0.5) is 5.69 Å². The Morgan fingerprint density at radius 1 is 1.33 bits per heavy atom. The predicted octanol–water partition coefficient (Wildman–Crippen LogP) is 2.22. The average molecular weight is 286 g/mol. The van der Waals surface area contributed by atoms with E-state index in [0.717, 1.165) is 5.56 Å². The molecule has 2 aromatic rings. The Labute approximate surface area is 123 Å². The Kier molecular flexibility index (Phi) is 4.33. The van der Waals surface area contributed by atoms with Gasteiger partial charge in [-0.15, -0.1) is 0 Å². The number of phenolic OH excluding ortho intramolecular Hbond substituents is 1. The summed E-state index contributed by atoms with van der Waals surface area (Å²) in [5.41, 5.74) is 8.24. The highest BCUT2D eigenvalue weighted by molar-refractivity contribution is 5.96. The summed E-state index contributed by atoms with van der Waals surface area (Å²) in [7, 11) is 1.55. The largest absolute Gasteiger partial charge is 0.508 e. The Morgan fingerprint density at radius 3 is 2.76 bits per heavy atom. The van der Waals surface area contributed by atoms with Crippen molar-refractivity contribution in [1.29, 1.82) is 0 Å². The highest BCUT2D eigenvalue weighted by Gasteiger charge is 2.11. The van der Waals surface area contributed by atoms with Crippen LogP contribution in [0.2, 0.25) is 0 Å². The van der Waals surface area contributed by atoms with E-state index in [1.54, 1.807) is 44.4 Å². The Morgan fingerprint density at radius 2 is 2.10 bits per heavy atom. The van der Waals surface area contributed by atoms with Gasteiger partial charge in [0, 0.05) is 17.7 Å². The van der Waals surface area contributed by atoms with Crippen LogP contribution < -0.4 is 15.8 Å². The number of hydrogen-bond acceptors (Lipinski definition) is 4. The van der Waals surface area contributed by atoms with Crippen molar-refractivity contribution in [3.8, 4) is 11.5 Å². The lowest BCUT2D eigenvalue weighted by Gasteiger charge is -2.10. The van der Waals surface area contributed by atoms with Gasteiger partial charge in [-0.05, 0) is 36.8 Å². The minimum Gasteiger partial charge on any atom is -0.508 e. The lowest BCUT2D eigenvalue weighted by Crippen LogP contribution is -2.23. The van der Waals surface area contributed by atoms with Gasteiger partial charge in [-0.1, -0.05) is 12.1 Å². The summed E-state index contributed by atoms with van der Waals surface area (Å²) in [4.78, 5) is 12.1. The lowest BCUT2D eigenvalue weighted by atomic mass is 10.1.